The van der Waals surface area contributed by atoms with E-state index < -0.39 is 0 Å². The highest BCUT2D eigenvalue weighted by molar-refractivity contribution is 5.85. The molecular formula is C14H14N6. The van der Waals surface area contributed by atoms with E-state index in [9.17, 15) is 0 Å². The summed E-state index contributed by atoms with van der Waals surface area (Å²) in [6.07, 6.45) is 4.01. The third kappa shape index (κ3) is 1.95. The Hall–Kier alpha value is -2.63. The van der Waals surface area contributed by atoms with Crippen LogP contribution < -0.4 is 11.1 Å². The second-order valence-corrected chi connectivity index (χ2v) is 5.04. The topological polar surface area (TPSA) is 92.5 Å². The summed E-state index contributed by atoms with van der Waals surface area (Å²) in [4.78, 5) is 16.4. The average molecular weight is 266 g/mol. The molecule has 2 heterocycles. The van der Waals surface area contributed by atoms with E-state index in [-0.39, 0.29) is 0 Å². The van der Waals surface area contributed by atoms with Gasteiger partial charge in [-0.15, -0.1) is 0 Å². The predicted octanol–water partition coefficient (Wildman–Crippen LogP) is 2.18. The molecule has 2 aromatic heterocycles. The number of aromatic nitrogens is 4. The molecule has 1 aliphatic rings. The van der Waals surface area contributed by atoms with Crippen LogP contribution in [0.5, 0.6) is 0 Å². The van der Waals surface area contributed by atoms with E-state index in [2.05, 4.69) is 25.3 Å². The van der Waals surface area contributed by atoms with Crippen molar-refractivity contribution in [1.29, 1.82) is 0 Å². The van der Waals surface area contributed by atoms with Gasteiger partial charge in [-0.05, 0) is 25.0 Å². The molecule has 0 saturated heterocycles. The Labute approximate surface area is 115 Å². The number of hydrogen-bond acceptors (Lipinski definition) is 5. The van der Waals surface area contributed by atoms with Crippen molar-refractivity contribution in [3.63, 3.8) is 0 Å². The third-order valence-electron chi connectivity index (χ3n) is 3.35. The van der Waals surface area contributed by atoms with Crippen LogP contribution in [-0.4, -0.2) is 26.0 Å². The monoisotopic (exact) mass is 266 g/mol. The van der Waals surface area contributed by atoms with E-state index in [1.54, 1.807) is 6.33 Å². The van der Waals surface area contributed by atoms with E-state index in [4.69, 9.17) is 5.73 Å². The molecule has 4 N–H and O–H groups in total. The van der Waals surface area contributed by atoms with Gasteiger partial charge in [0.2, 0.25) is 0 Å². The molecule has 0 atom stereocenters. The number of hydrogen-bond donors (Lipinski definition) is 3. The zero-order valence-electron chi connectivity index (χ0n) is 10.8. The lowest BCUT2D eigenvalue weighted by molar-refractivity contribution is 1.10. The number of rotatable bonds is 3. The number of nitrogen functional groups attached to an aromatic ring is 1. The molecule has 0 unspecified atom stereocenters. The van der Waals surface area contributed by atoms with Gasteiger partial charge in [-0.3, -0.25) is 0 Å². The van der Waals surface area contributed by atoms with Crippen LogP contribution in [0.1, 0.15) is 12.8 Å². The number of aromatic amines is 1. The molecule has 0 bridgehead atoms. The quantitative estimate of drug-likeness (QED) is 0.632. The van der Waals surface area contributed by atoms with Crippen molar-refractivity contribution >= 4 is 22.7 Å². The van der Waals surface area contributed by atoms with Crippen molar-refractivity contribution in [3.8, 4) is 11.4 Å². The average Bonchev–Trinajstić information content (AvgIpc) is 3.13. The summed E-state index contributed by atoms with van der Waals surface area (Å²) in [5.41, 5.74) is 8.94. The summed E-state index contributed by atoms with van der Waals surface area (Å²) < 4.78 is 0. The Bertz CT molecular complexity index is 774. The molecule has 3 aromatic rings. The number of nitrogens with one attached hydrogen (secondary N) is 2. The minimum atomic E-state index is 0.519. The molecule has 6 heteroatoms. The molecule has 4 rings (SSSR count). The minimum absolute atomic E-state index is 0.519. The van der Waals surface area contributed by atoms with Gasteiger partial charge in [0, 0.05) is 17.3 Å². The molecule has 0 spiro atoms. The maximum Gasteiger partial charge on any atom is 0.183 e. The van der Waals surface area contributed by atoms with Crippen LogP contribution >= 0.6 is 0 Å². The number of anilines is 2. The normalized spacial score (nSPS) is 14.6. The van der Waals surface area contributed by atoms with Crippen molar-refractivity contribution < 1.29 is 0 Å². The maximum atomic E-state index is 5.82. The molecule has 0 aliphatic heterocycles. The van der Waals surface area contributed by atoms with Gasteiger partial charge in [0.25, 0.3) is 0 Å². The van der Waals surface area contributed by atoms with Crippen molar-refractivity contribution in [3.05, 3.63) is 30.6 Å². The Morgan fingerprint density at radius 2 is 2.15 bits per heavy atom. The maximum absolute atomic E-state index is 5.82. The van der Waals surface area contributed by atoms with Gasteiger partial charge in [-0.25, -0.2) is 15.0 Å². The molecule has 20 heavy (non-hydrogen) atoms. The summed E-state index contributed by atoms with van der Waals surface area (Å²) in [6.45, 7) is 0. The smallest absolute Gasteiger partial charge is 0.183 e. The SMILES string of the molecule is Nc1cccc(-c2nc(NC3CC3)c3[nH]cnc3n2)c1. The van der Waals surface area contributed by atoms with Gasteiger partial charge in [0.1, 0.15) is 5.52 Å². The molecule has 1 aromatic carbocycles. The number of nitrogens with zero attached hydrogens (tertiary/aromatic N) is 3. The Morgan fingerprint density at radius 1 is 1.25 bits per heavy atom. The fourth-order valence-corrected chi connectivity index (χ4v) is 2.17. The summed E-state index contributed by atoms with van der Waals surface area (Å²) in [7, 11) is 0. The molecule has 1 fully saturated rings. The molecule has 6 nitrogen and oxygen atoms in total. The second-order valence-electron chi connectivity index (χ2n) is 5.04. The van der Waals surface area contributed by atoms with Gasteiger partial charge in [-0.2, -0.15) is 0 Å². The van der Waals surface area contributed by atoms with Crippen LogP contribution in [0, 0.1) is 0 Å². The van der Waals surface area contributed by atoms with Crippen LogP contribution in [0.15, 0.2) is 30.6 Å². The predicted molar refractivity (Wildman–Crippen MR) is 78.2 cm³/mol. The zero-order valence-corrected chi connectivity index (χ0v) is 10.8. The van der Waals surface area contributed by atoms with Gasteiger partial charge >= 0.3 is 0 Å². The van der Waals surface area contributed by atoms with Crippen molar-refractivity contribution in [1.82, 2.24) is 19.9 Å². The van der Waals surface area contributed by atoms with Crippen LogP contribution in [0.4, 0.5) is 11.5 Å². The van der Waals surface area contributed by atoms with Gasteiger partial charge < -0.3 is 16.0 Å². The molecule has 0 amide bonds. The van der Waals surface area contributed by atoms with E-state index in [0.717, 1.165) is 16.9 Å². The lowest BCUT2D eigenvalue weighted by Gasteiger charge is -2.07. The van der Waals surface area contributed by atoms with E-state index >= 15 is 0 Å². The first-order chi connectivity index (χ1) is 9.79. The van der Waals surface area contributed by atoms with Gasteiger partial charge in [0.15, 0.2) is 17.3 Å². The molecule has 0 radical (unpaired) electrons. The number of H-pyrrole nitrogens is 1. The highest BCUT2D eigenvalue weighted by Crippen LogP contribution is 2.28. The first-order valence-electron chi connectivity index (χ1n) is 6.63. The fourth-order valence-electron chi connectivity index (χ4n) is 2.17. The first kappa shape index (κ1) is 11.2. The van der Waals surface area contributed by atoms with Crippen molar-refractivity contribution in [2.75, 3.05) is 11.1 Å². The van der Waals surface area contributed by atoms with E-state index in [1.165, 1.54) is 12.8 Å². The zero-order chi connectivity index (χ0) is 13.5. The summed E-state index contributed by atoms with van der Waals surface area (Å²) in [6, 6.07) is 8.08. The van der Waals surface area contributed by atoms with Crippen LogP contribution in [0.25, 0.3) is 22.6 Å². The largest absolute Gasteiger partial charge is 0.399 e. The standard InChI is InChI=1S/C14H14N6/c15-9-3-1-2-8(6-9)12-19-13-11(16-7-17-13)14(20-12)18-10-4-5-10/h1-3,6-7,10H,4-5,15H2,(H2,16,17,18,19,20). The second kappa shape index (κ2) is 4.19. The highest BCUT2D eigenvalue weighted by atomic mass is 15.1. The van der Waals surface area contributed by atoms with E-state index in [0.29, 0.717) is 23.2 Å². The minimum Gasteiger partial charge on any atom is -0.399 e. The third-order valence-corrected chi connectivity index (χ3v) is 3.35. The number of benzene rings is 1. The van der Waals surface area contributed by atoms with Crippen LogP contribution in [0.3, 0.4) is 0 Å². The first-order valence-corrected chi connectivity index (χ1v) is 6.63. The summed E-state index contributed by atoms with van der Waals surface area (Å²) in [5.74, 6) is 1.45. The molecule has 100 valence electrons. The molecular weight excluding hydrogens is 252 g/mol. The van der Waals surface area contributed by atoms with Crippen molar-refractivity contribution in [2.24, 2.45) is 0 Å². The number of fused-ring (bicyclic) bond motifs is 1. The van der Waals surface area contributed by atoms with Crippen molar-refractivity contribution in [2.45, 2.75) is 18.9 Å². The van der Waals surface area contributed by atoms with Crippen LogP contribution in [0.2, 0.25) is 0 Å². The Balaban J connectivity index is 1.86. The summed E-state index contributed by atoms with van der Waals surface area (Å²) in [5, 5.41) is 3.42. The fraction of sp³-hybridized carbons (Fsp3) is 0.214. The molecule has 1 aliphatic carbocycles. The number of imidazole rings is 1. The lowest BCUT2D eigenvalue weighted by Crippen LogP contribution is -2.05. The van der Waals surface area contributed by atoms with Crippen LogP contribution in [-0.2, 0) is 0 Å². The Morgan fingerprint density at radius 3 is 2.95 bits per heavy atom. The number of nitrogens with two attached hydrogens (primary N) is 1. The van der Waals surface area contributed by atoms with E-state index in [1.807, 2.05) is 24.3 Å². The summed E-state index contributed by atoms with van der Waals surface area (Å²) >= 11 is 0. The Kier molecular flexibility index (Phi) is 2.35. The van der Waals surface area contributed by atoms with Gasteiger partial charge in [0.05, 0.1) is 6.33 Å². The highest BCUT2D eigenvalue weighted by Gasteiger charge is 2.23. The lowest BCUT2D eigenvalue weighted by atomic mass is 10.2. The van der Waals surface area contributed by atoms with Gasteiger partial charge in [-0.1, -0.05) is 12.1 Å². The molecule has 1 saturated carbocycles.